The smallest absolute Gasteiger partial charge is 0.243 e. The highest BCUT2D eigenvalue weighted by atomic mass is 32.2. The van der Waals surface area contributed by atoms with Gasteiger partial charge in [-0.25, -0.2) is 17.8 Å². The molecule has 8 heteroatoms. The van der Waals surface area contributed by atoms with E-state index in [1.807, 2.05) is 7.05 Å². The van der Waals surface area contributed by atoms with Crippen molar-refractivity contribution < 1.29 is 17.9 Å². The van der Waals surface area contributed by atoms with Crippen LogP contribution >= 0.6 is 0 Å². The fourth-order valence-corrected chi connectivity index (χ4v) is 6.17. The Bertz CT molecular complexity index is 880. The van der Waals surface area contributed by atoms with Crippen molar-refractivity contribution in [2.75, 3.05) is 0 Å². The zero-order valence-corrected chi connectivity index (χ0v) is 14.7. The molecule has 1 aromatic heterocycles. The lowest BCUT2D eigenvalue weighted by molar-refractivity contribution is -0.0429. The molecule has 3 atom stereocenters. The van der Waals surface area contributed by atoms with Gasteiger partial charge in [0.15, 0.2) is 0 Å². The minimum atomic E-state index is -3.72. The predicted molar refractivity (Wildman–Crippen MR) is 88.6 cm³/mol. The molecule has 25 heavy (non-hydrogen) atoms. The van der Waals surface area contributed by atoms with Gasteiger partial charge in [0.25, 0.3) is 0 Å². The average molecular weight is 365 g/mol. The Morgan fingerprint density at radius 2 is 1.80 bits per heavy atom. The number of hydrogen-bond acceptors (Lipinski definition) is 4. The lowest BCUT2D eigenvalue weighted by Crippen LogP contribution is -2.52. The van der Waals surface area contributed by atoms with Crippen LogP contribution < -0.4 is 0 Å². The van der Waals surface area contributed by atoms with Crippen LogP contribution in [0.4, 0.5) is 4.39 Å². The van der Waals surface area contributed by atoms with Crippen LogP contribution in [0.15, 0.2) is 41.6 Å². The van der Waals surface area contributed by atoms with Crippen LogP contribution in [-0.4, -0.2) is 39.5 Å². The number of hydrogen-bond donors (Lipinski definition) is 1. The number of benzene rings is 1. The monoisotopic (exact) mass is 365 g/mol. The topological polar surface area (TPSA) is 75.4 Å². The molecular formula is C17H20FN3O3S. The Hall–Kier alpha value is -1.77. The molecule has 2 bridgehead atoms. The molecule has 0 amide bonds. The molecular weight excluding hydrogens is 345 g/mol. The van der Waals surface area contributed by atoms with Gasteiger partial charge in [-0.3, -0.25) is 0 Å². The quantitative estimate of drug-likeness (QED) is 0.899. The van der Waals surface area contributed by atoms with Gasteiger partial charge in [0, 0.05) is 44.4 Å². The Labute approximate surface area is 146 Å². The molecule has 2 fully saturated rings. The van der Waals surface area contributed by atoms with Crippen LogP contribution in [0.3, 0.4) is 0 Å². The average Bonchev–Trinajstić information content (AvgIpc) is 3.11. The van der Waals surface area contributed by atoms with Gasteiger partial charge >= 0.3 is 0 Å². The molecule has 1 aromatic carbocycles. The molecule has 1 unspecified atom stereocenters. The molecule has 3 heterocycles. The summed E-state index contributed by atoms with van der Waals surface area (Å²) in [5.41, 5.74) is -1.13. The first kappa shape index (κ1) is 16.7. The standard InChI is InChI=1S/C17H20FN3O3S/c1-20-9-8-19-16(20)17(22)10-13-4-5-14(11-17)21(13)25(23,24)15-6-2-12(18)3-7-15/h2-3,6-9,13-14,22H,4-5,10-11H2,1H3/t13-,14+,17?. The number of imidazole rings is 1. The van der Waals surface area contributed by atoms with Crippen LogP contribution in [0.2, 0.25) is 0 Å². The van der Waals surface area contributed by atoms with Crippen LogP contribution in [0, 0.1) is 5.82 Å². The number of aryl methyl sites for hydroxylation is 1. The van der Waals surface area contributed by atoms with E-state index < -0.39 is 21.4 Å². The first-order valence-corrected chi connectivity index (χ1v) is 9.74. The largest absolute Gasteiger partial charge is 0.382 e. The van der Waals surface area contributed by atoms with E-state index >= 15 is 0 Å². The molecule has 4 rings (SSSR count). The number of halogens is 1. The summed E-state index contributed by atoms with van der Waals surface area (Å²) in [4.78, 5) is 4.36. The van der Waals surface area contributed by atoms with E-state index in [0.717, 1.165) is 12.1 Å². The molecule has 2 aliphatic heterocycles. The van der Waals surface area contributed by atoms with Crippen molar-refractivity contribution in [2.45, 2.75) is 48.3 Å². The molecule has 6 nitrogen and oxygen atoms in total. The lowest BCUT2D eigenvalue weighted by atomic mass is 9.86. The second kappa shape index (κ2) is 5.62. The summed E-state index contributed by atoms with van der Waals surface area (Å²) in [6.45, 7) is 0. The third kappa shape index (κ3) is 2.59. The van der Waals surface area contributed by atoms with E-state index in [1.54, 1.807) is 17.0 Å². The van der Waals surface area contributed by atoms with E-state index in [9.17, 15) is 17.9 Å². The zero-order chi connectivity index (χ0) is 17.8. The summed E-state index contributed by atoms with van der Waals surface area (Å²) >= 11 is 0. The molecule has 0 spiro atoms. The number of aliphatic hydroxyl groups is 1. The number of nitrogens with zero attached hydrogens (tertiary/aromatic N) is 3. The third-order valence-electron chi connectivity index (χ3n) is 5.33. The summed E-state index contributed by atoms with van der Waals surface area (Å²) in [5, 5.41) is 11.1. The molecule has 0 aliphatic carbocycles. The van der Waals surface area contributed by atoms with E-state index in [1.165, 1.54) is 16.4 Å². The van der Waals surface area contributed by atoms with Crippen LogP contribution in [0.5, 0.6) is 0 Å². The third-order valence-corrected chi connectivity index (χ3v) is 7.35. The van der Waals surface area contributed by atoms with Crippen molar-refractivity contribution in [3.05, 3.63) is 48.3 Å². The maximum absolute atomic E-state index is 13.1. The van der Waals surface area contributed by atoms with Gasteiger partial charge in [0.2, 0.25) is 10.0 Å². The molecule has 0 saturated carbocycles. The van der Waals surface area contributed by atoms with E-state index in [0.29, 0.717) is 31.5 Å². The SMILES string of the molecule is Cn1ccnc1C1(O)C[C@H]2CC[C@@H](C1)N2S(=O)(=O)c1ccc(F)cc1. The van der Waals surface area contributed by atoms with Crippen LogP contribution in [0.25, 0.3) is 0 Å². The van der Waals surface area contributed by atoms with Gasteiger partial charge in [0.05, 0.1) is 4.90 Å². The summed E-state index contributed by atoms with van der Waals surface area (Å²) in [6, 6.07) is 4.34. The van der Waals surface area contributed by atoms with Crippen molar-refractivity contribution in [1.82, 2.24) is 13.9 Å². The number of rotatable bonds is 3. The second-order valence-corrected chi connectivity index (χ2v) is 8.82. The summed E-state index contributed by atoms with van der Waals surface area (Å²) < 4.78 is 42.5. The normalized spacial score (nSPS) is 29.9. The Morgan fingerprint density at radius 1 is 1.20 bits per heavy atom. The Kier molecular flexibility index (Phi) is 3.75. The van der Waals surface area contributed by atoms with Gasteiger partial charge in [-0.2, -0.15) is 4.31 Å². The van der Waals surface area contributed by atoms with Crippen molar-refractivity contribution in [1.29, 1.82) is 0 Å². The maximum Gasteiger partial charge on any atom is 0.243 e. The fraction of sp³-hybridized carbons (Fsp3) is 0.471. The highest BCUT2D eigenvalue weighted by Crippen LogP contribution is 2.47. The van der Waals surface area contributed by atoms with Gasteiger partial charge in [-0.15, -0.1) is 0 Å². The van der Waals surface area contributed by atoms with Gasteiger partial charge in [-0.1, -0.05) is 0 Å². The van der Waals surface area contributed by atoms with E-state index in [2.05, 4.69) is 4.98 Å². The predicted octanol–water partition coefficient (Wildman–Crippen LogP) is 1.76. The van der Waals surface area contributed by atoms with E-state index in [-0.39, 0.29) is 17.0 Å². The van der Waals surface area contributed by atoms with Crippen molar-refractivity contribution in [3.8, 4) is 0 Å². The van der Waals surface area contributed by atoms with E-state index in [4.69, 9.17) is 0 Å². The molecule has 134 valence electrons. The van der Waals surface area contributed by atoms with Gasteiger partial charge in [0.1, 0.15) is 17.2 Å². The van der Waals surface area contributed by atoms with Crippen molar-refractivity contribution >= 4 is 10.0 Å². The Morgan fingerprint density at radius 3 is 2.32 bits per heavy atom. The maximum atomic E-state index is 13.1. The first-order chi connectivity index (χ1) is 11.8. The number of fused-ring (bicyclic) bond motifs is 2. The lowest BCUT2D eigenvalue weighted by Gasteiger charge is -2.42. The minimum Gasteiger partial charge on any atom is -0.382 e. The molecule has 2 saturated heterocycles. The molecule has 0 radical (unpaired) electrons. The highest BCUT2D eigenvalue weighted by Gasteiger charge is 2.53. The molecule has 2 aromatic rings. The van der Waals surface area contributed by atoms with Gasteiger partial charge in [-0.05, 0) is 37.1 Å². The fourth-order valence-electron chi connectivity index (χ4n) is 4.30. The summed E-state index contributed by atoms with van der Waals surface area (Å²) in [6.07, 6.45) is 5.45. The van der Waals surface area contributed by atoms with Gasteiger partial charge < -0.3 is 9.67 Å². The second-order valence-electron chi connectivity index (χ2n) is 6.98. The zero-order valence-electron chi connectivity index (χ0n) is 13.8. The number of aromatic nitrogens is 2. The number of piperidine rings is 1. The highest BCUT2D eigenvalue weighted by molar-refractivity contribution is 7.89. The molecule has 2 aliphatic rings. The number of sulfonamides is 1. The Balaban J connectivity index is 1.67. The first-order valence-electron chi connectivity index (χ1n) is 8.30. The van der Waals surface area contributed by atoms with Crippen LogP contribution in [-0.2, 0) is 22.7 Å². The minimum absolute atomic E-state index is 0.0910. The summed E-state index contributed by atoms with van der Waals surface area (Å²) in [7, 11) is -1.89. The summed E-state index contributed by atoms with van der Waals surface area (Å²) in [5.74, 6) is 0.105. The van der Waals surface area contributed by atoms with Crippen LogP contribution in [0.1, 0.15) is 31.5 Å². The van der Waals surface area contributed by atoms with Crippen molar-refractivity contribution in [3.63, 3.8) is 0 Å². The van der Waals surface area contributed by atoms with Crippen molar-refractivity contribution in [2.24, 2.45) is 7.05 Å². The molecule has 1 N–H and O–H groups in total.